The van der Waals surface area contributed by atoms with Gasteiger partial charge in [-0.15, -0.1) is 0 Å². The first-order valence-electron chi connectivity index (χ1n) is 6.39. The van der Waals surface area contributed by atoms with Crippen LogP contribution in [0.15, 0.2) is 18.2 Å². The van der Waals surface area contributed by atoms with E-state index in [-0.39, 0.29) is 6.04 Å². The van der Waals surface area contributed by atoms with E-state index >= 15 is 0 Å². The van der Waals surface area contributed by atoms with E-state index in [0.717, 1.165) is 13.0 Å². The van der Waals surface area contributed by atoms with Gasteiger partial charge in [0.15, 0.2) is 0 Å². The summed E-state index contributed by atoms with van der Waals surface area (Å²) >= 11 is 0. The average molecular weight is 218 g/mol. The molecular weight excluding hydrogens is 196 g/mol. The van der Waals surface area contributed by atoms with Crippen molar-refractivity contribution in [3.05, 3.63) is 29.3 Å². The first kappa shape index (κ1) is 11.5. The van der Waals surface area contributed by atoms with Crippen LogP contribution >= 0.6 is 0 Å². The Balaban J connectivity index is 2.34. The van der Waals surface area contributed by atoms with Gasteiger partial charge in [-0.25, -0.2) is 0 Å². The minimum Gasteiger partial charge on any atom is -0.372 e. The van der Waals surface area contributed by atoms with E-state index < -0.39 is 0 Å². The van der Waals surface area contributed by atoms with E-state index in [4.69, 9.17) is 5.73 Å². The second-order valence-electron chi connectivity index (χ2n) is 4.59. The maximum Gasteiger partial charge on any atom is 0.0402 e. The van der Waals surface area contributed by atoms with Crippen LogP contribution in [0.4, 0.5) is 5.69 Å². The molecule has 0 amide bonds. The van der Waals surface area contributed by atoms with Gasteiger partial charge in [0.1, 0.15) is 0 Å². The molecule has 0 spiro atoms. The van der Waals surface area contributed by atoms with Crippen molar-refractivity contribution in [1.82, 2.24) is 0 Å². The van der Waals surface area contributed by atoms with Gasteiger partial charge >= 0.3 is 0 Å². The van der Waals surface area contributed by atoms with Gasteiger partial charge in [0.25, 0.3) is 0 Å². The molecule has 88 valence electrons. The monoisotopic (exact) mass is 218 g/mol. The highest BCUT2D eigenvalue weighted by molar-refractivity contribution is 5.57. The SMILES string of the molecule is CCC(N)c1ccc2c(c1)N(CC)CCC2. The lowest BCUT2D eigenvalue weighted by Gasteiger charge is -2.31. The van der Waals surface area contributed by atoms with Crippen molar-refractivity contribution in [2.45, 2.75) is 39.2 Å². The number of hydrogen-bond donors (Lipinski definition) is 1. The largest absolute Gasteiger partial charge is 0.372 e. The molecule has 2 heteroatoms. The molecule has 1 aromatic rings. The molecule has 1 heterocycles. The lowest BCUT2D eigenvalue weighted by molar-refractivity contribution is 0.684. The van der Waals surface area contributed by atoms with Crippen LogP contribution < -0.4 is 10.6 Å². The third kappa shape index (κ3) is 2.07. The number of nitrogens with two attached hydrogens (primary N) is 1. The zero-order valence-electron chi connectivity index (χ0n) is 10.4. The highest BCUT2D eigenvalue weighted by Crippen LogP contribution is 2.30. The first-order valence-corrected chi connectivity index (χ1v) is 6.39. The summed E-state index contributed by atoms with van der Waals surface area (Å²) in [4.78, 5) is 2.46. The van der Waals surface area contributed by atoms with E-state index in [1.165, 1.54) is 36.2 Å². The Labute approximate surface area is 98.4 Å². The number of anilines is 1. The van der Waals surface area contributed by atoms with Gasteiger partial charge in [-0.05, 0) is 43.4 Å². The van der Waals surface area contributed by atoms with Gasteiger partial charge in [0, 0.05) is 24.8 Å². The molecule has 16 heavy (non-hydrogen) atoms. The maximum absolute atomic E-state index is 6.10. The molecule has 2 nitrogen and oxygen atoms in total. The molecule has 0 aromatic heterocycles. The lowest BCUT2D eigenvalue weighted by atomic mass is 9.96. The van der Waals surface area contributed by atoms with Crippen molar-refractivity contribution in [3.8, 4) is 0 Å². The zero-order chi connectivity index (χ0) is 11.5. The third-order valence-corrected chi connectivity index (χ3v) is 3.57. The van der Waals surface area contributed by atoms with Crippen molar-refractivity contribution in [2.75, 3.05) is 18.0 Å². The molecule has 0 fully saturated rings. The molecule has 1 aromatic carbocycles. The van der Waals surface area contributed by atoms with Crippen LogP contribution in [-0.2, 0) is 6.42 Å². The Morgan fingerprint density at radius 3 is 2.88 bits per heavy atom. The van der Waals surface area contributed by atoms with Crippen LogP contribution in [0.3, 0.4) is 0 Å². The number of benzene rings is 1. The second kappa shape index (κ2) is 4.88. The number of rotatable bonds is 3. The second-order valence-corrected chi connectivity index (χ2v) is 4.59. The van der Waals surface area contributed by atoms with E-state index in [9.17, 15) is 0 Å². The smallest absolute Gasteiger partial charge is 0.0402 e. The molecule has 1 atom stereocenters. The summed E-state index contributed by atoms with van der Waals surface area (Å²) < 4.78 is 0. The van der Waals surface area contributed by atoms with Gasteiger partial charge < -0.3 is 10.6 Å². The average Bonchev–Trinajstić information content (AvgIpc) is 2.36. The van der Waals surface area contributed by atoms with Crippen molar-refractivity contribution >= 4 is 5.69 Å². The van der Waals surface area contributed by atoms with E-state index in [1.807, 2.05) is 0 Å². The van der Waals surface area contributed by atoms with Crippen molar-refractivity contribution in [2.24, 2.45) is 5.73 Å². The Morgan fingerprint density at radius 2 is 2.19 bits per heavy atom. The Bertz CT molecular complexity index is 360. The minimum absolute atomic E-state index is 0.186. The summed E-state index contributed by atoms with van der Waals surface area (Å²) in [6, 6.07) is 6.95. The molecule has 0 saturated carbocycles. The molecule has 0 saturated heterocycles. The Kier molecular flexibility index (Phi) is 3.49. The molecule has 1 aliphatic rings. The fourth-order valence-corrected chi connectivity index (χ4v) is 2.46. The topological polar surface area (TPSA) is 29.3 Å². The predicted molar refractivity (Wildman–Crippen MR) is 69.9 cm³/mol. The normalized spacial score (nSPS) is 17.1. The molecular formula is C14H22N2. The number of hydrogen-bond acceptors (Lipinski definition) is 2. The summed E-state index contributed by atoms with van der Waals surface area (Å²) in [7, 11) is 0. The van der Waals surface area contributed by atoms with Gasteiger partial charge in [-0.2, -0.15) is 0 Å². The van der Waals surface area contributed by atoms with Crippen molar-refractivity contribution in [1.29, 1.82) is 0 Å². The van der Waals surface area contributed by atoms with Gasteiger partial charge in [-0.3, -0.25) is 0 Å². The first-order chi connectivity index (χ1) is 7.76. The van der Waals surface area contributed by atoms with Gasteiger partial charge in [0.2, 0.25) is 0 Å². The standard InChI is InChI=1S/C14H22N2/c1-3-13(15)12-8-7-11-6-5-9-16(4-2)14(11)10-12/h7-8,10,13H,3-6,9,15H2,1-2H3. The number of aryl methyl sites for hydroxylation is 1. The number of nitrogens with zero attached hydrogens (tertiary/aromatic N) is 1. The third-order valence-electron chi connectivity index (χ3n) is 3.57. The fourth-order valence-electron chi connectivity index (χ4n) is 2.46. The molecule has 0 radical (unpaired) electrons. The summed E-state index contributed by atoms with van der Waals surface area (Å²) in [5, 5.41) is 0. The predicted octanol–water partition coefficient (Wildman–Crippen LogP) is 2.87. The summed E-state index contributed by atoms with van der Waals surface area (Å²) in [6.07, 6.45) is 3.50. The van der Waals surface area contributed by atoms with E-state index in [0.29, 0.717) is 0 Å². The molecule has 0 aliphatic carbocycles. The summed E-state index contributed by atoms with van der Waals surface area (Å²) in [5.41, 5.74) is 10.3. The quantitative estimate of drug-likeness (QED) is 0.845. The highest BCUT2D eigenvalue weighted by Gasteiger charge is 2.16. The van der Waals surface area contributed by atoms with Crippen LogP contribution in [0, 0.1) is 0 Å². The highest BCUT2D eigenvalue weighted by atomic mass is 15.1. The van der Waals surface area contributed by atoms with Crippen LogP contribution in [0.25, 0.3) is 0 Å². The number of fused-ring (bicyclic) bond motifs is 1. The maximum atomic E-state index is 6.10. The van der Waals surface area contributed by atoms with E-state index in [1.54, 1.807) is 0 Å². The molecule has 1 aliphatic heterocycles. The van der Waals surface area contributed by atoms with E-state index in [2.05, 4.69) is 36.9 Å². The Morgan fingerprint density at radius 1 is 1.38 bits per heavy atom. The van der Waals surface area contributed by atoms with Crippen molar-refractivity contribution in [3.63, 3.8) is 0 Å². The van der Waals surface area contributed by atoms with Crippen molar-refractivity contribution < 1.29 is 0 Å². The van der Waals surface area contributed by atoms with Crippen LogP contribution in [0.1, 0.15) is 43.9 Å². The van der Waals surface area contributed by atoms with Crippen LogP contribution in [0.2, 0.25) is 0 Å². The van der Waals surface area contributed by atoms with Gasteiger partial charge in [0.05, 0.1) is 0 Å². The summed E-state index contributed by atoms with van der Waals surface area (Å²) in [6.45, 7) is 6.65. The zero-order valence-corrected chi connectivity index (χ0v) is 10.4. The molecule has 2 N–H and O–H groups in total. The molecule has 0 bridgehead atoms. The van der Waals surface area contributed by atoms with Crippen LogP contribution in [0.5, 0.6) is 0 Å². The molecule has 2 rings (SSSR count). The van der Waals surface area contributed by atoms with Crippen LogP contribution in [-0.4, -0.2) is 13.1 Å². The Hall–Kier alpha value is -1.02. The van der Waals surface area contributed by atoms with Gasteiger partial charge in [-0.1, -0.05) is 19.1 Å². The summed E-state index contributed by atoms with van der Waals surface area (Å²) in [5.74, 6) is 0. The molecule has 1 unspecified atom stereocenters. The fraction of sp³-hybridized carbons (Fsp3) is 0.571. The minimum atomic E-state index is 0.186. The lowest BCUT2D eigenvalue weighted by Crippen LogP contribution is -2.29.